The molecule has 1 aliphatic carbocycles. The molecular formula is C20H28ClFN4O2. The molecule has 2 atom stereocenters. The van der Waals surface area contributed by atoms with E-state index in [4.69, 9.17) is 5.73 Å². The fraction of sp³-hybridized carbons (Fsp3) is 0.600. The average molecular weight is 411 g/mol. The normalized spacial score (nSPS) is 22.4. The molecule has 0 spiro atoms. The molecule has 8 heteroatoms. The SMILES string of the molecule is Cc1c(N2CC(C(C)N)C(C)(C)C2)c(F)cn2c(=O)[nH]c(=O)c(C3CC3)c12.Cl. The van der Waals surface area contributed by atoms with Crippen LogP contribution in [-0.4, -0.2) is 28.5 Å². The first-order chi connectivity index (χ1) is 12.6. The molecule has 0 bridgehead atoms. The highest BCUT2D eigenvalue weighted by molar-refractivity contribution is 5.85. The number of H-pyrrole nitrogens is 1. The van der Waals surface area contributed by atoms with E-state index in [-0.39, 0.29) is 41.3 Å². The summed E-state index contributed by atoms with van der Waals surface area (Å²) in [6, 6.07) is 0.00122. The summed E-state index contributed by atoms with van der Waals surface area (Å²) in [4.78, 5) is 29.1. The predicted molar refractivity (Wildman–Crippen MR) is 111 cm³/mol. The Hall–Kier alpha value is -1.86. The Morgan fingerprint density at radius 1 is 1.32 bits per heavy atom. The third kappa shape index (κ3) is 3.14. The highest BCUT2D eigenvalue weighted by atomic mass is 35.5. The van der Waals surface area contributed by atoms with Gasteiger partial charge in [0, 0.05) is 30.3 Å². The molecule has 28 heavy (non-hydrogen) atoms. The third-order valence-electron chi connectivity index (χ3n) is 6.31. The first kappa shape index (κ1) is 20.9. The minimum absolute atomic E-state index is 0. The number of fused-ring (bicyclic) bond motifs is 1. The van der Waals surface area contributed by atoms with E-state index in [1.165, 1.54) is 10.6 Å². The molecule has 2 aliphatic rings. The molecule has 1 saturated carbocycles. The van der Waals surface area contributed by atoms with Crippen molar-refractivity contribution in [3.63, 3.8) is 0 Å². The number of nitrogens with zero attached hydrogens (tertiary/aromatic N) is 2. The highest BCUT2D eigenvalue weighted by Crippen LogP contribution is 2.44. The summed E-state index contributed by atoms with van der Waals surface area (Å²) in [5, 5.41) is 0. The molecule has 2 unspecified atom stereocenters. The van der Waals surface area contributed by atoms with Crippen LogP contribution in [0, 0.1) is 24.1 Å². The van der Waals surface area contributed by atoms with Crippen LogP contribution in [0.1, 0.15) is 50.7 Å². The summed E-state index contributed by atoms with van der Waals surface area (Å²) in [6.07, 6.45) is 3.06. The number of hydrogen-bond donors (Lipinski definition) is 2. The summed E-state index contributed by atoms with van der Waals surface area (Å²) in [5.74, 6) is -0.0676. The van der Waals surface area contributed by atoms with Crippen molar-refractivity contribution in [3.8, 4) is 0 Å². The van der Waals surface area contributed by atoms with Gasteiger partial charge in [-0.3, -0.25) is 14.2 Å². The van der Waals surface area contributed by atoms with Crippen molar-refractivity contribution in [1.29, 1.82) is 0 Å². The number of rotatable bonds is 3. The molecule has 0 aromatic carbocycles. The summed E-state index contributed by atoms with van der Waals surface area (Å²) in [7, 11) is 0. The number of pyridine rings is 1. The van der Waals surface area contributed by atoms with Crippen molar-refractivity contribution < 1.29 is 4.39 Å². The Morgan fingerprint density at radius 2 is 1.96 bits per heavy atom. The average Bonchev–Trinajstić information content (AvgIpc) is 3.32. The summed E-state index contributed by atoms with van der Waals surface area (Å²) in [6.45, 7) is 9.44. The zero-order valence-corrected chi connectivity index (χ0v) is 17.5. The largest absolute Gasteiger partial charge is 0.368 e. The van der Waals surface area contributed by atoms with E-state index in [1.54, 1.807) is 0 Å². The number of aryl methyl sites for hydroxylation is 1. The van der Waals surface area contributed by atoms with Crippen LogP contribution in [-0.2, 0) is 0 Å². The third-order valence-corrected chi connectivity index (χ3v) is 6.31. The van der Waals surface area contributed by atoms with Crippen LogP contribution >= 0.6 is 12.4 Å². The molecule has 4 rings (SSSR count). The van der Waals surface area contributed by atoms with Crippen molar-refractivity contribution in [3.05, 3.63) is 44.0 Å². The second kappa shape index (κ2) is 6.88. The number of nitrogens with two attached hydrogens (primary N) is 1. The fourth-order valence-electron chi connectivity index (χ4n) is 4.88. The van der Waals surface area contributed by atoms with Crippen molar-refractivity contribution in [1.82, 2.24) is 9.38 Å². The van der Waals surface area contributed by atoms with E-state index in [0.717, 1.165) is 12.8 Å². The number of anilines is 1. The summed E-state index contributed by atoms with van der Waals surface area (Å²) >= 11 is 0. The van der Waals surface area contributed by atoms with Crippen molar-refractivity contribution in [2.24, 2.45) is 17.1 Å². The van der Waals surface area contributed by atoms with Gasteiger partial charge in [-0.2, -0.15) is 0 Å². The molecule has 6 nitrogen and oxygen atoms in total. The molecule has 2 aromatic heterocycles. The van der Waals surface area contributed by atoms with E-state index in [9.17, 15) is 9.59 Å². The molecule has 0 amide bonds. The lowest BCUT2D eigenvalue weighted by molar-refractivity contribution is 0.256. The molecule has 154 valence electrons. The minimum atomic E-state index is -0.594. The van der Waals surface area contributed by atoms with Crippen LogP contribution in [0.15, 0.2) is 15.8 Å². The van der Waals surface area contributed by atoms with Crippen LogP contribution in [0.25, 0.3) is 5.52 Å². The number of halogens is 2. The van der Waals surface area contributed by atoms with Crippen LogP contribution in [0.3, 0.4) is 0 Å². The number of aromatic amines is 1. The van der Waals surface area contributed by atoms with Gasteiger partial charge < -0.3 is 10.6 Å². The van der Waals surface area contributed by atoms with E-state index in [1.807, 2.05) is 18.7 Å². The topological polar surface area (TPSA) is 83.6 Å². The summed E-state index contributed by atoms with van der Waals surface area (Å²) in [5.41, 5.74) is 7.49. The van der Waals surface area contributed by atoms with Gasteiger partial charge >= 0.3 is 5.69 Å². The number of nitrogens with one attached hydrogen (secondary N) is 1. The van der Waals surface area contributed by atoms with Gasteiger partial charge in [0.1, 0.15) is 0 Å². The van der Waals surface area contributed by atoms with Crippen molar-refractivity contribution in [2.45, 2.75) is 52.5 Å². The lowest BCUT2D eigenvalue weighted by Gasteiger charge is -2.28. The van der Waals surface area contributed by atoms with Crippen LogP contribution in [0.4, 0.5) is 10.1 Å². The lowest BCUT2D eigenvalue weighted by Crippen LogP contribution is -2.36. The number of aromatic nitrogens is 2. The molecule has 0 radical (unpaired) electrons. The maximum absolute atomic E-state index is 15.1. The van der Waals surface area contributed by atoms with Crippen LogP contribution in [0.5, 0.6) is 0 Å². The molecule has 3 N–H and O–H groups in total. The summed E-state index contributed by atoms with van der Waals surface area (Å²) < 4.78 is 16.4. The second-order valence-electron chi connectivity index (χ2n) is 8.95. The molecule has 1 saturated heterocycles. The Morgan fingerprint density at radius 3 is 2.50 bits per heavy atom. The molecule has 2 aromatic rings. The van der Waals surface area contributed by atoms with Gasteiger partial charge in [0.2, 0.25) is 0 Å². The van der Waals surface area contributed by atoms with E-state index < -0.39 is 11.5 Å². The Kier molecular flexibility index (Phi) is 5.13. The van der Waals surface area contributed by atoms with Gasteiger partial charge in [0.05, 0.1) is 17.4 Å². The second-order valence-corrected chi connectivity index (χ2v) is 8.95. The molecule has 3 heterocycles. The zero-order chi connectivity index (χ0) is 19.7. The van der Waals surface area contributed by atoms with Gasteiger partial charge in [-0.05, 0) is 43.9 Å². The van der Waals surface area contributed by atoms with Crippen LogP contribution < -0.4 is 21.9 Å². The molecule has 1 aliphatic heterocycles. The van der Waals surface area contributed by atoms with Crippen molar-refractivity contribution >= 4 is 23.6 Å². The van der Waals surface area contributed by atoms with E-state index in [0.29, 0.717) is 35.4 Å². The van der Waals surface area contributed by atoms with Gasteiger partial charge in [-0.25, -0.2) is 9.18 Å². The van der Waals surface area contributed by atoms with E-state index in [2.05, 4.69) is 18.8 Å². The molecular weight excluding hydrogens is 383 g/mol. The highest BCUT2D eigenvalue weighted by Gasteiger charge is 2.42. The standard InChI is InChI=1S/C20H27FN4O2.ClH/c1-10-16(24-7-13(11(2)22)20(3,4)9-24)14(21)8-25-17(10)15(12-5-6-12)18(26)23-19(25)27;/h8,11-13H,5-7,9,22H2,1-4H3,(H,23,26,27);1H. The monoisotopic (exact) mass is 410 g/mol. The lowest BCUT2D eigenvalue weighted by atomic mass is 9.78. The van der Waals surface area contributed by atoms with Gasteiger partial charge in [-0.15, -0.1) is 12.4 Å². The maximum atomic E-state index is 15.1. The molecule has 2 fully saturated rings. The first-order valence-corrected chi connectivity index (χ1v) is 9.60. The Bertz CT molecular complexity index is 1040. The predicted octanol–water partition coefficient (Wildman–Crippen LogP) is 2.54. The van der Waals surface area contributed by atoms with Crippen molar-refractivity contribution in [2.75, 3.05) is 18.0 Å². The quantitative estimate of drug-likeness (QED) is 0.814. The Balaban J connectivity index is 0.00000225. The van der Waals surface area contributed by atoms with Gasteiger partial charge in [0.25, 0.3) is 5.56 Å². The Labute approximate surface area is 169 Å². The smallest absolute Gasteiger partial charge is 0.333 e. The zero-order valence-electron chi connectivity index (χ0n) is 16.7. The van der Waals surface area contributed by atoms with Gasteiger partial charge in [0.15, 0.2) is 5.82 Å². The number of hydrogen-bond acceptors (Lipinski definition) is 4. The van der Waals surface area contributed by atoms with Crippen LogP contribution in [0.2, 0.25) is 0 Å². The maximum Gasteiger partial charge on any atom is 0.333 e. The fourth-order valence-corrected chi connectivity index (χ4v) is 4.88. The van der Waals surface area contributed by atoms with E-state index >= 15 is 4.39 Å². The van der Waals surface area contributed by atoms with Gasteiger partial charge in [-0.1, -0.05) is 13.8 Å². The minimum Gasteiger partial charge on any atom is -0.368 e. The first-order valence-electron chi connectivity index (χ1n) is 9.60.